The van der Waals surface area contributed by atoms with Crippen molar-refractivity contribution in [2.45, 2.75) is 58.4 Å². The van der Waals surface area contributed by atoms with Crippen molar-refractivity contribution in [3.05, 3.63) is 0 Å². The third-order valence-electron chi connectivity index (χ3n) is 3.94. The molecule has 4 heteroatoms. The van der Waals surface area contributed by atoms with Gasteiger partial charge in [-0.15, -0.1) is 0 Å². The molecule has 0 aliphatic heterocycles. The summed E-state index contributed by atoms with van der Waals surface area (Å²) < 4.78 is 0. The Morgan fingerprint density at radius 2 is 1.65 bits per heavy atom. The molecule has 0 aromatic heterocycles. The predicted octanol–water partition coefficient (Wildman–Crippen LogP) is 2.18. The minimum atomic E-state index is -0.915. The van der Waals surface area contributed by atoms with E-state index in [1.165, 1.54) is 6.42 Å². The van der Waals surface area contributed by atoms with Gasteiger partial charge in [-0.05, 0) is 19.8 Å². The molecule has 0 heterocycles. The maximum atomic E-state index is 12.0. The first-order chi connectivity index (χ1) is 7.86. The zero-order valence-corrected chi connectivity index (χ0v) is 11.0. The second kappa shape index (κ2) is 5.52. The van der Waals surface area contributed by atoms with Crippen LogP contribution >= 0.6 is 0 Å². The van der Waals surface area contributed by atoms with Crippen LogP contribution in [0.1, 0.15) is 52.9 Å². The maximum Gasteiger partial charge on any atom is 0.307 e. The molecular formula is C13H23NO3. The van der Waals surface area contributed by atoms with Gasteiger partial charge >= 0.3 is 5.97 Å². The van der Waals surface area contributed by atoms with Gasteiger partial charge in [0.2, 0.25) is 5.91 Å². The lowest BCUT2D eigenvalue weighted by atomic mass is 9.82. The molecule has 0 aromatic rings. The van der Waals surface area contributed by atoms with Gasteiger partial charge in [-0.25, -0.2) is 0 Å². The van der Waals surface area contributed by atoms with Gasteiger partial charge in [-0.2, -0.15) is 0 Å². The summed E-state index contributed by atoms with van der Waals surface area (Å²) in [7, 11) is 0. The monoisotopic (exact) mass is 241 g/mol. The van der Waals surface area contributed by atoms with Gasteiger partial charge in [0.15, 0.2) is 0 Å². The minimum Gasteiger partial charge on any atom is -0.481 e. The highest BCUT2D eigenvalue weighted by molar-refractivity contribution is 5.84. The summed E-state index contributed by atoms with van der Waals surface area (Å²) >= 11 is 0. The molecule has 2 unspecified atom stereocenters. The van der Waals surface area contributed by atoms with E-state index in [0.717, 1.165) is 25.7 Å². The molecule has 0 spiro atoms. The Bertz CT molecular complexity index is 295. The molecule has 2 N–H and O–H groups in total. The maximum absolute atomic E-state index is 12.0. The third-order valence-corrected chi connectivity index (χ3v) is 3.94. The number of nitrogens with one attached hydrogen (secondary N) is 1. The minimum absolute atomic E-state index is 0.135. The molecule has 98 valence electrons. The van der Waals surface area contributed by atoms with Crippen molar-refractivity contribution >= 4 is 11.9 Å². The highest BCUT2D eigenvalue weighted by Crippen LogP contribution is 2.28. The summed E-state index contributed by atoms with van der Waals surface area (Å²) in [6.07, 6.45) is 5.49. The lowest BCUT2D eigenvalue weighted by Crippen LogP contribution is -2.50. The van der Waals surface area contributed by atoms with Crippen LogP contribution in [0.4, 0.5) is 0 Å². The number of aliphatic carboxylic acids is 1. The third kappa shape index (κ3) is 3.72. The van der Waals surface area contributed by atoms with Crippen LogP contribution in [0.5, 0.6) is 0 Å². The molecule has 0 radical (unpaired) electrons. The summed E-state index contributed by atoms with van der Waals surface area (Å²) in [5, 5.41) is 11.9. The van der Waals surface area contributed by atoms with Gasteiger partial charge in [0.1, 0.15) is 0 Å². The smallest absolute Gasteiger partial charge is 0.307 e. The summed E-state index contributed by atoms with van der Waals surface area (Å²) in [6, 6.07) is 0. The number of carbonyl (C=O) groups is 2. The second-order valence-electron chi connectivity index (χ2n) is 5.53. The van der Waals surface area contributed by atoms with Crippen LogP contribution in [-0.2, 0) is 9.59 Å². The van der Waals surface area contributed by atoms with E-state index in [4.69, 9.17) is 5.11 Å². The first-order valence-corrected chi connectivity index (χ1v) is 6.40. The fraction of sp³-hybridized carbons (Fsp3) is 0.846. The molecule has 1 fully saturated rings. The summed E-state index contributed by atoms with van der Waals surface area (Å²) in [6.45, 7) is 5.32. The largest absolute Gasteiger partial charge is 0.481 e. The van der Waals surface area contributed by atoms with Crippen LogP contribution in [-0.4, -0.2) is 22.5 Å². The topological polar surface area (TPSA) is 66.4 Å². The van der Waals surface area contributed by atoms with E-state index in [2.05, 4.69) is 12.2 Å². The van der Waals surface area contributed by atoms with Crippen LogP contribution < -0.4 is 5.32 Å². The lowest BCUT2D eigenvalue weighted by Gasteiger charge is -2.35. The average Bonchev–Trinajstić information content (AvgIpc) is 2.27. The first kappa shape index (κ1) is 14.0. The molecular weight excluding hydrogens is 218 g/mol. The number of rotatable bonds is 4. The Hall–Kier alpha value is -1.06. The van der Waals surface area contributed by atoms with Crippen molar-refractivity contribution in [3.63, 3.8) is 0 Å². The van der Waals surface area contributed by atoms with Crippen LogP contribution in [0.2, 0.25) is 0 Å². The molecule has 1 aliphatic carbocycles. The van der Waals surface area contributed by atoms with Crippen molar-refractivity contribution in [3.8, 4) is 0 Å². The van der Waals surface area contributed by atoms with E-state index < -0.39 is 17.8 Å². The molecule has 4 nitrogen and oxygen atoms in total. The number of amides is 1. The molecule has 0 aromatic carbocycles. The standard InChI is InChI=1S/C13H23NO3/c1-9(10(2)12(16)17)11(15)14-13(3)7-5-4-6-8-13/h9-10H,4-8H2,1-3H3,(H,14,15)(H,16,17). The van der Waals surface area contributed by atoms with Crippen LogP contribution in [0.25, 0.3) is 0 Å². The normalized spacial score (nSPS) is 22.5. The van der Waals surface area contributed by atoms with Crippen molar-refractivity contribution < 1.29 is 14.7 Å². The Morgan fingerprint density at radius 3 is 2.12 bits per heavy atom. The highest BCUT2D eigenvalue weighted by atomic mass is 16.4. The van der Waals surface area contributed by atoms with E-state index in [1.807, 2.05) is 0 Å². The Morgan fingerprint density at radius 1 is 1.12 bits per heavy atom. The molecule has 17 heavy (non-hydrogen) atoms. The van der Waals surface area contributed by atoms with E-state index in [-0.39, 0.29) is 11.4 Å². The second-order valence-corrected chi connectivity index (χ2v) is 5.53. The zero-order valence-electron chi connectivity index (χ0n) is 11.0. The fourth-order valence-electron chi connectivity index (χ4n) is 2.31. The van der Waals surface area contributed by atoms with Gasteiger partial charge in [0, 0.05) is 11.5 Å². The number of hydrogen-bond donors (Lipinski definition) is 2. The van der Waals surface area contributed by atoms with Crippen LogP contribution in [0.3, 0.4) is 0 Å². The predicted molar refractivity (Wildman–Crippen MR) is 65.6 cm³/mol. The lowest BCUT2D eigenvalue weighted by molar-refractivity contribution is -0.146. The number of hydrogen-bond acceptors (Lipinski definition) is 2. The fourth-order valence-corrected chi connectivity index (χ4v) is 2.31. The summed E-state index contributed by atoms with van der Waals surface area (Å²) in [5.74, 6) is -2.17. The molecule has 1 saturated carbocycles. The zero-order chi connectivity index (χ0) is 13.1. The van der Waals surface area contributed by atoms with Gasteiger partial charge in [-0.1, -0.05) is 33.1 Å². The van der Waals surface area contributed by atoms with E-state index >= 15 is 0 Å². The van der Waals surface area contributed by atoms with Crippen molar-refractivity contribution in [1.82, 2.24) is 5.32 Å². The quantitative estimate of drug-likeness (QED) is 0.792. The van der Waals surface area contributed by atoms with Gasteiger partial charge in [-0.3, -0.25) is 9.59 Å². The Balaban J connectivity index is 2.55. The number of carboxylic acid groups (broad SMARTS) is 1. The van der Waals surface area contributed by atoms with Crippen LogP contribution in [0.15, 0.2) is 0 Å². The Labute approximate surface area is 103 Å². The first-order valence-electron chi connectivity index (χ1n) is 6.40. The average molecular weight is 241 g/mol. The number of carbonyl (C=O) groups excluding carboxylic acids is 1. The molecule has 0 saturated heterocycles. The molecule has 2 atom stereocenters. The highest BCUT2D eigenvalue weighted by Gasteiger charge is 2.32. The summed E-state index contributed by atoms with van der Waals surface area (Å²) in [4.78, 5) is 22.8. The van der Waals surface area contributed by atoms with Gasteiger partial charge < -0.3 is 10.4 Å². The van der Waals surface area contributed by atoms with E-state index in [0.29, 0.717) is 0 Å². The molecule has 1 aliphatic rings. The van der Waals surface area contributed by atoms with Crippen molar-refractivity contribution in [1.29, 1.82) is 0 Å². The molecule has 1 amide bonds. The van der Waals surface area contributed by atoms with E-state index in [9.17, 15) is 9.59 Å². The van der Waals surface area contributed by atoms with Crippen molar-refractivity contribution in [2.24, 2.45) is 11.8 Å². The Kier molecular flexibility index (Phi) is 4.54. The van der Waals surface area contributed by atoms with Crippen molar-refractivity contribution in [2.75, 3.05) is 0 Å². The molecule has 1 rings (SSSR count). The van der Waals surface area contributed by atoms with Gasteiger partial charge in [0.25, 0.3) is 0 Å². The summed E-state index contributed by atoms with van der Waals surface area (Å²) in [5.41, 5.74) is -0.137. The van der Waals surface area contributed by atoms with Gasteiger partial charge in [0.05, 0.1) is 5.92 Å². The number of carboxylic acids is 1. The SMILES string of the molecule is CC(C(=O)O)C(C)C(=O)NC1(C)CCCCC1. The molecule has 0 bridgehead atoms. The van der Waals surface area contributed by atoms with Crippen LogP contribution in [0, 0.1) is 11.8 Å². The van der Waals surface area contributed by atoms with E-state index in [1.54, 1.807) is 13.8 Å².